The Morgan fingerprint density at radius 3 is 0.587 bits per heavy atom. The SMILES string of the molecule is O=C(C(F)(F)C(F)(Cl)C(F)(F)C(F)(Cl)C(F)(F)C(F)(Cl)C(F)(F)Cl)C(F)(F)C(F)(Cl)C(F)(F)C(F)(Cl)C(F)(F)C(F)(Cl)C(F)(F)Cl. The van der Waals surface area contributed by atoms with Crippen molar-refractivity contribution in [3.63, 3.8) is 0 Å². The first-order valence-electron chi connectivity index (χ1n) is 9.37. The molecule has 0 saturated heterocycles. The minimum Gasteiger partial charge on any atom is -0.286 e. The average Bonchev–Trinajstić information content (AvgIpc) is 2.80. The van der Waals surface area contributed by atoms with Gasteiger partial charge in [0.1, 0.15) is 0 Å². The predicted molar refractivity (Wildman–Crippen MR) is 114 cm³/mol. The average molecular weight is 898 g/mol. The van der Waals surface area contributed by atoms with E-state index in [1.807, 2.05) is 0 Å². The van der Waals surface area contributed by atoms with Crippen molar-refractivity contribution >= 4 is 98.6 Å². The molecule has 6 atom stereocenters. The number of ketones is 1. The number of Topliss-reactive ketones (excluding diaryl/α,β-unsaturated/α-hetero) is 1. The van der Waals surface area contributed by atoms with E-state index in [0.29, 0.717) is 0 Å². The number of halogens is 30. The van der Waals surface area contributed by atoms with Crippen molar-refractivity contribution in [2.24, 2.45) is 0 Å². The summed E-state index contributed by atoms with van der Waals surface area (Å²) in [4.78, 5) is 11.5. The molecule has 0 N–H and O–H groups in total. The Balaban J connectivity index is 7.40. The zero-order valence-electron chi connectivity index (χ0n) is 19.2. The Bertz CT molecular complexity index is 1080. The van der Waals surface area contributed by atoms with Gasteiger partial charge in [0.05, 0.1) is 0 Å². The number of rotatable bonds is 14. The molecular formula is C15Cl8F22O. The van der Waals surface area contributed by atoms with Gasteiger partial charge in [-0.25, -0.2) is 26.3 Å². The lowest BCUT2D eigenvalue weighted by molar-refractivity contribution is -0.314. The fourth-order valence-electron chi connectivity index (χ4n) is 2.42. The first kappa shape index (κ1) is 46.5. The minimum atomic E-state index is -8.28. The summed E-state index contributed by atoms with van der Waals surface area (Å²) in [5.41, 5.74) is 0. The largest absolute Gasteiger partial charge is 0.375 e. The standard InChI is InChI=1S/C15Cl8F22O/c16-4(28,10(34,35)6(18,30)12(38,39)8(20,32)14(22,42)43)2(24,25)1(46)3(26,27)5(17,29)11(36,37)7(19,31)13(40,41)9(21,33)15(23,44)45. The summed E-state index contributed by atoms with van der Waals surface area (Å²) in [7, 11) is 0. The summed E-state index contributed by atoms with van der Waals surface area (Å²) >= 11 is 29.8. The van der Waals surface area contributed by atoms with E-state index in [4.69, 9.17) is 0 Å². The van der Waals surface area contributed by atoms with E-state index < -0.39 is 82.8 Å². The number of hydrogen-bond acceptors (Lipinski definition) is 1. The van der Waals surface area contributed by atoms with Crippen LogP contribution < -0.4 is 0 Å². The minimum absolute atomic E-state index is 3.67. The van der Waals surface area contributed by atoms with Gasteiger partial charge in [0, 0.05) is 0 Å². The fourth-order valence-corrected chi connectivity index (χ4v) is 4.06. The third-order valence-corrected chi connectivity index (χ3v) is 8.79. The molecular weight excluding hydrogens is 898 g/mol. The molecule has 0 aliphatic carbocycles. The van der Waals surface area contributed by atoms with Gasteiger partial charge < -0.3 is 0 Å². The van der Waals surface area contributed by atoms with Gasteiger partial charge in [-0.05, 0) is 23.2 Å². The molecule has 0 rings (SSSR count). The van der Waals surface area contributed by atoms with Crippen LogP contribution in [0.1, 0.15) is 0 Å². The van der Waals surface area contributed by atoms with Crippen LogP contribution in [0.5, 0.6) is 0 Å². The van der Waals surface area contributed by atoms with Crippen molar-refractivity contribution in [2.75, 3.05) is 0 Å². The van der Waals surface area contributed by atoms with Crippen molar-refractivity contribution in [1.29, 1.82) is 0 Å². The van der Waals surface area contributed by atoms with Crippen molar-refractivity contribution in [3.05, 3.63) is 0 Å². The predicted octanol–water partition coefficient (Wildman–Crippen LogP) is 11.5. The van der Waals surface area contributed by atoms with Crippen LogP contribution in [0.25, 0.3) is 0 Å². The van der Waals surface area contributed by atoms with Gasteiger partial charge >= 0.3 is 77.1 Å². The molecule has 46 heavy (non-hydrogen) atoms. The number of hydrogen-bond donors (Lipinski definition) is 0. The fraction of sp³-hybridized carbons (Fsp3) is 0.933. The molecule has 0 fully saturated rings. The van der Waals surface area contributed by atoms with E-state index in [1.54, 1.807) is 0 Å². The van der Waals surface area contributed by atoms with Crippen LogP contribution in [-0.4, -0.2) is 82.8 Å². The van der Waals surface area contributed by atoms with Gasteiger partial charge in [-0.1, -0.05) is 69.6 Å². The lowest BCUT2D eigenvalue weighted by Crippen LogP contribution is -2.76. The summed E-state index contributed by atoms with van der Waals surface area (Å²) in [5, 5.41) is -58.1. The molecule has 0 heterocycles. The van der Waals surface area contributed by atoms with Crippen LogP contribution in [-0.2, 0) is 4.79 Å². The molecule has 0 aromatic heterocycles. The second kappa shape index (κ2) is 11.7. The Morgan fingerprint density at radius 1 is 0.283 bits per heavy atom. The molecule has 1 nitrogen and oxygen atoms in total. The summed E-state index contributed by atoms with van der Waals surface area (Å²) in [6.07, 6.45) is 0. The number of carbonyl (C=O) groups is 1. The molecule has 0 amide bonds. The van der Waals surface area contributed by atoms with Crippen LogP contribution in [0.4, 0.5) is 96.6 Å². The van der Waals surface area contributed by atoms with Crippen LogP contribution in [0.15, 0.2) is 0 Å². The third kappa shape index (κ3) is 5.78. The summed E-state index contributed by atoms with van der Waals surface area (Å²) in [6.45, 7) is 0. The highest BCUT2D eigenvalue weighted by molar-refractivity contribution is 6.36. The van der Waals surface area contributed by atoms with E-state index >= 15 is 0 Å². The zero-order chi connectivity index (χ0) is 38.6. The van der Waals surface area contributed by atoms with Crippen molar-refractivity contribution in [3.8, 4) is 0 Å². The second-order valence-electron chi connectivity index (χ2n) is 8.22. The molecule has 276 valence electrons. The Labute approximate surface area is 276 Å². The molecule has 0 spiro atoms. The summed E-state index contributed by atoms with van der Waals surface area (Å²) < 4.78 is 306. The maximum absolute atomic E-state index is 14.5. The monoisotopic (exact) mass is 894 g/mol. The zero-order valence-corrected chi connectivity index (χ0v) is 25.3. The highest BCUT2D eigenvalue weighted by Gasteiger charge is 2.94. The van der Waals surface area contributed by atoms with Gasteiger partial charge in [0.15, 0.2) is 0 Å². The molecule has 0 bridgehead atoms. The highest BCUT2D eigenvalue weighted by atomic mass is 35.5. The van der Waals surface area contributed by atoms with Crippen LogP contribution >= 0.6 is 92.8 Å². The second-order valence-corrected chi connectivity index (χ2v) is 12.3. The summed E-state index contributed by atoms with van der Waals surface area (Å²) in [5.74, 6) is -54.5. The normalized spacial score (nSPS) is 23.3. The molecule has 0 saturated carbocycles. The Kier molecular flexibility index (Phi) is 11.9. The van der Waals surface area contributed by atoms with E-state index in [2.05, 4.69) is 92.8 Å². The molecule has 6 unspecified atom stereocenters. The molecule has 0 aromatic rings. The van der Waals surface area contributed by atoms with Gasteiger partial charge in [-0.2, -0.15) is 70.2 Å². The smallest absolute Gasteiger partial charge is 0.286 e. The van der Waals surface area contributed by atoms with Crippen molar-refractivity contribution < 1.29 is 101 Å². The highest BCUT2D eigenvalue weighted by Crippen LogP contribution is 2.68. The lowest BCUT2D eigenvalue weighted by Gasteiger charge is -2.46. The quantitative estimate of drug-likeness (QED) is 0.125. The maximum Gasteiger partial charge on any atom is 0.375 e. The van der Waals surface area contributed by atoms with Crippen LogP contribution in [0, 0.1) is 0 Å². The van der Waals surface area contributed by atoms with E-state index in [1.165, 1.54) is 0 Å². The molecule has 0 aliphatic heterocycles. The van der Waals surface area contributed by atoms with Gasteiger partial charge in [0.25, 0.3) is 5.78 Å². The first-order chi connectivity index (χ1) is 19.2. The first-order valence-corrected chi connectivity index (χ1v) is 12.4. The van der Waals surface area contributed by atoms with E-state index in [-0.39, 0.29) is 0 Å². The van der Waals surface area contributed by atoms with E-state index in [9.17, 15) is 101 Å². The number of alkyl halides is 30. The molecule has 0 aliphatic rings. The van der Waals surface area contributed by atoms with Crippen LogP contribution in [0.2, 0.25) is 0 Å². The van der Waals surface area contributed by atoms with Crippen molar-refractivity contribution in [2.45, 2.75) is 77.1 Å². The van der Waals surface area contributed by atoms with Gasteiger partial charge in [0.2, 0.25) is 0 Å². The summed E-state index contributed by atoms with van der Waals surface area (Å²) in [6, 6.07) is 0. The Hall–Kier alpha value is 0.450. The topological polar surface area (TPSA) is 17.1 Å². The Morgan fingerprint density at radius 2 is 0.435 bits per heavy atom. The van der Waals surface area contributed by atoms with E-state index in [0.717, 1.165) is 0 Å². The molecule has 0 aromatic carbocycles. The van der Waals surface area contributed by atoms with Crippen molar-refractivity contribution in [1.82, 2.24) is 0 Å². The molecule has 0 radical (unpaired) electrons. The number of carbonyl (C=O) groups excluding carboxylic acids is 1. The molecule has 31 heteroatoms. The lowest BCUT2D eigenvalue weighted by atomic mass is 9.87. The van der Waals surface area contributed by atoms with Crippen LogP contribution in [0.3, 0.4) is 0 Å². The maximum atomic E-state index is 14.5. The van der Waals surface area contributed by atoms with Gasteiger partial charge in [-0.15, -0.1) is 0 Å². The van der Waals surface area contributed by atoms with Gasteiger partial charge in [-0.3, -0.25) is 4.79 Å². The third-order valence-electron chi connectivity index (χ3n) is 5.23.